The average Bonchev–Trinajstić information content (AvgIpc) is 1.82. The van der Waals surface area contributed by atoms with Gasteiger partial charge in [-0.05, 0) is 18.4 Å². The van der Waals surface area contributed by atoms with E-state index >= 15 is 0 Å². The third kappa shape index (κ3) is 6.19. The molecule has 10 heavy (non-hydrogen) atoms. The minimum Gasteiger partial charge on any atom is -0.368 e. The third-order valence-corrected chi connectivity index (χ3v) is 1.64. The van der Waals surface area contributed by atoms with Crippen LogP contribution in [0.2, 0.25) is 0 Å². The van der Waals surface area contributed by atoms with E-state index in [4.69, 9.17) is 11.5 Å². The fraction of sp³-hybridized carbons (Fsp3) is 0.800. The molecular weight excluding hydrogens is 172 g/mol. The number of carbonyl (C=O) groups is 1. The van der Waals surface area contributed by atoms with E-state index in [2.05, 4.69) is 0 Å². The van der Waals surface area contributed by atoms with E-state index in [1.165, 1.54) is 0 Å². The van der Waals surface area contributed by atoms with Crippen molar-refractivity contribution in [2.45, 2.75) is 12.5 Å². The second-order valence-corrected chi connectivity index (χ2v) is 2.78. The van der Waals surface area contributed by atoms with Gasteiger partial charge in [-0.3, -0.25) is 4.79 Å². The van der Waals surface area contributed by atoms with E-state index in [1.54, 1.807) is 11.8 Å². The van der Waals surface area contributed by atoms with Crippen LogP contribution >= 0.6 is 24.2 Å². The van der Waals surface area contributed by atoms with E-state index in [-0.39, 0.29) is 12.4 Å². The highest BCUT2D eigenvalue weighted by molar-refractivity contribution is 7.98. The summed E-state index contributed by atoms with van der Waals surface area (Å²) in [6.07, 6.45) is 2.64. The van der Waals surface area contributed by atoms with Gasteiger partial charge in [-0.2, -0.15) is 11.8 Å². The van der Waals surface area contributed by atoms with E-state index in [0.29, 0.717) is 6.42 Å². The molecule has 62 valence electrons. The second kappa shape index (κ2) is 7.18. The first-order valence-corrected chi connectivity index (χ1v) is 4.11. The predicted molar refractivity (Wildman–Crippen MR) is 47.4 cm³/mol. The van der Waals surface area contributed by atoms with Crippen molar-refractivity contribution >= 4 is 30.1 Å². The summed E-state index contributed by atoms with van der Waals surface area (Å²) >= 11 is 1.66. The molecular formula is C5H13ClN2OS. The Morgan fingerprint density at radius 3 is 2.50 bits per heavy atom. The lowest BCUT2D eigenvalue weighted by atomic mass is 10.2. The van der Waals surface area contributed by atoms with Crippen molar-refractivity contribution in [3.63, 3.8) is 0 Å². The van der Waals surface area contributed by atoms with Gasteiger partial charge >= 0.3 is 0 Å². The van der Waals surface area contributed by atoms with Gasteiger partial charge in [0.25, 0.3) is 0 Å². The van der Waals surface area contributed by atoms with Crippen LogP contribution < -0.4 is 11.5 Å². The van der Waals surface area contributed by atoms with E-state index in [0.717, 1.165) is 5.75 Å². The summed E-state index contributed by atoms with van der Waals surface area (Å²) in [7, 11) is 0. The summed E-state index contributed by atoms with van der Waals surface area (Å²) in [5.74, 6) is 0.480. The maximum Gasteiger partial charge on any atom is 0.234 e. The number of rotatable bonds is 4. The van der Waals surface area contributed by atoms with Crippen molar-refractivity contribution in [1.82, 2.24) is 0 Å². The van der Waals surface area contributed by atoms with Gasteiger partial charge in [-0.15, -0.1) is 12.4 Å². The Labute approximate surface area is 71.3 Å². The molecule has 0 aromatic heterocycles. The molecule has 0 saturated heterocycles. The molecule has 4 N–H and O–H groups in total. The fourth-order valence-electron chi connectivity index (χ4n) is 0.387. The van der Waals surface area contributed by atoms with Gasteiger partial charge in [0.15, 0.2) is 0 Å². The van der Waals surface area contributed by atoms with Crippen molar-refractivity contribution in [3.05, 3.63) is 0 Å². The van der Waals surface area contributed by atoms with E-state index in [1.807, 2.05) is 6.26 Å². The van der Waals surface area contributed by atoms with Crippen LogP contribution in [0.15, 0.2) is 0 Å². The number of primary amides is 1. The van der Waals surface area contributed by atoms with Gasteiger partial charge in [-0.25, -0.2) is 0 Å². The summed E-state index contributed by atoms with van der Waals surface area (Å²) < 4.78 is 0. The molecule has 0 aliphatic heterocycles. The number of thioether (sulfide) groups is 1. The van der Waals surface area contributed by atoms with Crippen LogP contribution in [0.1, 0.15) is 6.42 Å². The Bertz CT molecular complexity index is 102. The lowest BCUT2D eigenvalue weighted by Gasteiger charge is -2.03. The molecule has 0 fully saturated rings. The van der Waals surface area contributed by atoms with Crippen molar-refractivity contribution in [2.24, 2.45) is 11.5 Å². The number of hydrogen-bond donors (Lipinski definition) is 2. The van der Waals surface area contributed by atoms with Crippen molar-refractivity contribution in [2.75, 3.05) is 12.0 Å². The SMILES string of the molecule is CSCC[C@@H](N)C(N)=O.Cl. The van der Waals surface area contributed by atoms with Crippen LogP contribution in [0.25, 0.3) is 0 Å². The van der Waals surface area contributed by atoms with Crippen LogP contribution in [-0.2, 0) is 4.79 Å². The zero-order chi connectivity index (χ0) is 7.28. The lowest BCUT2D eigenvalue weighted by Crippen LogP contribution is -2.36. The number of amides is 1. The molecule has 0 aliphatic carbocycles. The lowest BCUT2D eigenvalue weighted by molar-refractivity contribution is -0.119. The minimum atomic E-state index is -0.461. The Morgan fingerprint density at radius 1 is 1.70 bits per heavy atom. The summed E-state index contributed by atoms with van der Waals surface area (Å²) in [5, 5.41) is 0. The van der Waals surface area contributed by atoms with Crippen LogP contribution in [0.3, 0.4) is 0 Å². The van der Waals surface area contributed by atoms with Crippen LogP contribution in [-0.4, -0.2) is 24.0 Å². The van der Waals surface area contributed by atoms with Crippen LogP contribution in [0, 0.1) is 0 Å². The Morgan fingerprint density at radius 2 is 2.20 bits per heavy atom. The first kappa shape index (κ1) is 12.7. The zero-order valence-electron chi connectivity index (χ0n) is 5.87. The van der Waals surface area contributed by atoms with E-state index in [9.17, 15) is 4.79 Å². The summed E-state index contributed by atoms with van der Waals surface area (Å²) in [5.41, 5.74) is 10.2. The molecule has 0 radical (unpaired) electrons. The molecule has 0 aromatic rings. The Hall–Kier alpha value is 0.0700. The Kier molecular flexibility index (Phi) is 9.13. The van der Waals surface area contributed by atoms with Crippen molar-refractivity contribution in [3.8, 4) is 0 Å². The molecule has 0 spiro atoms. The molecule has 0 unspecified atom stereocenters. The molecule has 0 heterocycles. The van der Waals surface area contributed by atoms with Crippen molar-refractivity contribution < 1.29 is 4.79 Å². The highest BCUT2D eigenvalue weighted by Gasteiger charge is 2.06. The average molecular weight is 185 g/mol. The largest absolute Gasteiger partial charge is 0.368 e. The first-order valence-electron chi connectivity index (χ1n) is 2.72. The van der Waals surface area contributed by atoms with Gasteiger partial charge in [0, 0.05) is 0 Å². The van der Waals surface area contributed by atoms with Gasteiger partial charge in [0.1, 0.15) is 0 Å². The predicted octanol–water partition coefficient (Wildman–Crippen LogP) is -0.0261. The molecule has 3 nitrogen and oxygen atoms in total. The molecule has 0 bridgehead atoms. The topological polar surface area (TPSA) is 69.1 Å². The smallest absolute Gasteiger partial charge is 0.234 e. The second-order valence-electron chi connectivity index (χ2n) is 1.79. The summed E-state index contributed by atoms with van der Waals surface area (Å²) in [6.45, 7) is 0. The number of carbonyl (C=O) groups excluding carboxylic acids is 1. The van der Waals surface area contributed by atoms with Gasteiger partial charge in [-0.1, -0.05) is 0 Å². The number of nitrogens with two attached hydrogens (primary N) is 2. The third-order valence-electron chi connectivity index (χ3n) is 0.998. The molecule has 0 aliphatic rings. The van der Waals surface area contributed by atoms with Crippen LogP contribution in [0.4, 0.5) is 0 Å². The standard InChI is InChI=1S/C5H12N2OS.ClH/c1-9-3-2-4(6)5(7)8;/h4H,2-3,6H2,1H3,(H2,7,8);1H/t4-;/m1./s1. The molecule has 1 amide bonds. The minimum absolute atomic E-state index is 0. The highest BCUT2D eigenvalue weighted by atomic mass is 35.5. The quantitative estimate of drug-likeness (QED) is 0.645. The molecule has 5 heteroatoms. The number of hydrogen-bond acceptors (Lipinski definition) is 3. The van der Waals surface area contributed by atoms with Crippen molar-refractivity contribution in [1.29, 1.82) is 0 Å². The van der Waals surface area contributed by atoms with Gasteiger partial charge in [0.05, 0.1) is 6.04 Å². The molecule has 0 rings (SSSR count). The normalized spacial score (nSPS) is 11.8. The zero-order valence-corrected chi connectivity index (χ0v) is 7.50. The maximum absolute atomic E-state index is 10.3. The fourth-order valence-corrected chi connectivity index (χ4v) is 0.877. The maximum atomic E-state index is 10.3. The highest BCUT2D eigenvalue weighted by Crippen LogP contribution is 1.97. The molecule has 0 saturated carbocycles. The summed E-state index contributed by atoms with van der Waals surface area (Å²) in [4.78, 5) is 10.3. The molecule has 0 aromatic carbocycles. The van der Waals surface area contributed by atoms with Crippen LogP contribution in [0.5, 0.6) is 0 Å². The van der Waals surface area contributed by atoms with Gasteiger partial charge in [0.2, 0.25) is 5.91 Å². The molecule has 1 atom stereocenters. The Balaban J connectivity index is 0. The van der Waals surface area contributed by atoms with E-state index < -0.39 is 11.9 Å². The monoisotopic (exact) mass is 184 g/mol. The summed E-state index contributed by atoms with van der Waals surface area (Å²) in [6, 6.07) is -0.461. The van der Waals surface area contributed by atoms with Gasteiger partial charge < -0.3 is 11.5 Å². The number of halogens is 1. The first-order chi connectivity index (χ1) is 4.18.